The molecule has 0 aliphatic carbocycles. The van der Waals surface area contributed by atoms with Crippen LogP contribution in [0.25, 0.3) is 6.08 Å². The summed E-state index contributed by atoms with van der Waals surface area (Å²) in [6.45, 7) is 8.14. The second kappa shape index (κ2) is 12.1. The van der Waals surface area contributed by atoms with Crippen molar-refractivity contribution in [1.82, 2.24) is 10.2 Å². The molecule has 1 fully saturated rings. The van der Waals surface area contributed by atoms with Gasteiger partial charge in [0.2, 0.25) is 11.8 Å². The highest BCUT2D eigenvalue weighted by atomic mass is 35.5. The first kappa shape index (κ1) is 27.5. The van der Waals surface area contributed by atoms with Crippen molar-refractivity contribution in [1.29, 1.82) is 0 Å². The Bertz CT molecular complexity index is 906. The van der Waals surface area contributed by atoms with Crippen LogP contribution in [0.3, 0.4) is 0 Å². The minimum atomic E-state index is -0.673. The van der Waals surface area contributed by atoms with Crippen LogP contribution in [-0.2, 0) is 19.1 Å². The van der Waals surface area contributed by atoms with Crippen LogP contribution in [-0.4, -0.2) is 53.7 Å². The van der Waals surface area contributed by atoms with Crippen LogP contribution in [0, 0.1) is 5.92 Å². The van der Waals surface area contributed by atoms with Gasteiger partial charge in [0.1, 0.15) is 11.6 Å². The Morgan fingerprint density at radius 2 is 1.85 bits per heavy atom. The number of carbonyl (C=O) groups is 3. The third kappa shape index (κ3) is 7.94. The minimum Gasteiger partial charge on any atom is -0.458 e. The summed E-state index contributed by atoms with van der Waals surface area (Å²) in [4.78, 5) is 40.2. The lowest BCUT2D eigenvalue weighted by Gasteiger charge is -2.31. The summed E-state index contributed by atoms with van der Waals surface area (Å²) in [6, 6.07) is 3.02. The lowest BCUT2D eigenvalue weighted by atomic mass is 9.95. The molecule has 1 aromatic rings. The summed E-state index contributed by atoms with van der Waals surface area (Å²) >= 11 is 14.1. The van der Waals surface area contributed by atoms with Gasteiger partial charge in [0.15, 0.2) is 0 Å². The van der Waals surface area contributed by atoms with Crippen molar-refractivity contribution in [3.05, 3.63) is 33.8 Å². The van der Waals surface area contributed by atoms with Crippen LogP contribution in [0.5, 0.6) is 0 Å². The number of ether oxygens (including phenoxy) is 1. The Morgan fingerprint density at radius 1 is 1.21 bits per heavy atom. The van der Waals surface area contributed by atoms with Crippen molar-refractivity contribution < 1.29 is 19.1 Å². The van der Waals surface area contributed by atoms with Gasteiger partial charge in [0, 0.05) is 30.0 Å². The minimum absolute atomic E-state index is 0.143. The van der Waals surface area contributed by atoms with Gasteiger partial charge < -0.3 is 15.0 Å². The topological polar surface area (TPSA) is 75.7 Å². The number of piperidine rings is 1. The zero-order chi connectivity index (χ0) is 24.8. The number of benzene rings is 1. The fourth-order valence-electron chi connectivity index (χ4n) is 3.45. The molecular weight excluding hydrogens is 483 g/mol. The Kier molecular flexibility index (Phi) is 10.1. The van der Waals surface area contributed by atoms with E-state index in [0.29, 0.717) is 48.0 Å². The predicted octanol–water partition coefficient (Wildman–Crippen LogP) is 5.20. The highest BCUT2D eigenvalue weighted by molar-refractivity contribution is 7.98. The molecule has 33 heavy (non-hydrogen) atoms. The lowest BCUT2D eigenvalue weighted by molar-refractivity contribution is -0.159. The molecule has 1 unspecified atom stereocenters. The number of amides is 2. The van der Waals surface area contributed by atoms with Gasteiger partial charge in [-0.1, -0.05) is 36.2 Å². The maximum Gasteiger partial charge on any atom is 0.329 e. The van der Waals surface area contributed by atoms with Crippen molar-refractivity contribution in [3.8, 4) is 0 Å². The molecule has 0 aromatic heterocycles. The normalized spacial score (nSPS) is 16.0. The quantitative estimate of drug-likeness (QED) is 0.307. The fourth-order valence-corrected chi connectivity index (χ4v) is 4.62. The average molecular weight is 516 g/mol. The monoisotopic (exact) mass is 514 g/mol. The molecule has 1 aromatic carbocycles. The smallest absolute Gasteiger partial charge is 0.329 e. The summed E-state index contributed by atoms with van der Waals surface area (Å²) in [5.41, 5.74) is 0.0657. The molecule has 1 atom stereocenters. The van der Waals surface area contributed by atoms with Crippen molar-refractivity contribution in [2.75, 3.05) is 19.3 Å². The average Bonchev–Trinajstić information content (AvgIpc) is 2.77. The molecule has 1 N–H and O–H groups in total. The van der Waals surface area contributed by atoms with E-state index in [-0.39, 0.29) is 17.7 Å². The molecular formula is C24H32Cl2N2O4S. The first-order valence-electron chi connectivity index (χ1n) is 11.0. The van der Waals surface area contributed by atoms with Gasteiger partial charge in [-0.2, -0.15) is 0 Å². The van der Waals surface area contributed by atoms with Crippen LogP contribution in [0.2, 0.25) is 10.0 Å². The molecule has 0 bridgehead atoms. The van der Waals surface area contributed by atoms with E-state index in [4.69, 9.17) is 27.9 Å². The Hall–Kier alpha value is -1.70. The molecule has 0 spiro atoms. The van der Waals surface area contributed by atoms with Gasteiger partial charge in [-0.15, -0.1) is 11.8 Å². The third-order valence-corrected chi connectivity index (χ3v) is 7.08. The van der Waals surface area contributed by atoms with E-state index in [1.54, 1.807) is 31.7 Å². The van der Waals surface area contributed by atoms with Gasteiger partial charge in [-0.3, -0.25) is 9.59 Å². The molecule has 2 rings (SSSR count). The van der Waals surface area contributed by atoms with Crippen molar-refractivity contribution in [2.24, 2.45) is 5.92 Å². The zero-order valence-electron chi connectivity index (χ0n) is 19.7. The Labute approximate surface area is 210 Å². The van der Waals surface area contributed by atoms with E-state index in [9.17, 15) is 14.4 Å². The second-order valence-electron chi connectivity index (χ2n) is 8.92. The zero-order valence-corrected chi connectivity index (χ0v) is 22.1. The van der Waals surface area contributed by atoms with Crippen molar-refractivity contribution in [2.45, 2.75) is 63.5 Å². The number of halogens is 2. The molecule has 6 nitrogen and oxygen atoms in total. The highest BCUT2D eigenvalue weighted by Gasteiger charge is 2.31. The SMILES string of the molecule is CCC(NC(=O)C1CCN(C(=O)C=Cc2ccc(SC)c(Cl)c2Cl)CC1)C(=O)OC(C)(C)C. The number of nitrogens with one attached hydrogen (secondary N) is 1. The van der Waals surface area contributed by atoms with Gasteiger partial charge in [0.05, 0.1) is 10.0 Å². The fraction of sp³-hybridized carbons (Fsp3) is 0.542. The third-order valence-electron chi connectivity index (χ3n) is 5.30. The maximum atomic E-state index is 12.7. The first-order valence-corrected chi connectivity index (χ1v) is 13.0. The second-order valence-corrected chi connectivity index (χ2v) is 10.5. The molecule has 2 amide bonds. The summed E-state index contributed by atoms with van der Waals surface area (Å²) in [5, 5.41) is 3.70. The van der Waals surface area contributed by atoms with E-state index < -0.39 is 17.6 Å². The van der Waals surface area contributed by atoms with E-state index in [1.807, 2.05) is 25.3 Å². The predicted molar refractivity (Wildman–Crippen MR) is 135 cm³/mol. The standard InChI is InChI=1S/C24H32Cl2N2O4S/c1-6-17(23(31)32-24(2,3)4)27-22(30)16-11-13-28(14-12-16)19(29)10-8-15-7-9-18(33-5)21(26)20(15)25/h7-10,16-17H,6,11-14H2,1-5H3,(H,27,30). The summed E-state index contributed by atoms with van der Waals surface area (Å²) in [6.07, 6.45) is 6.57. The van der Waals surface area contributed by atoms with Gasteiger partial charge in [-0.25, -0.2) is 4.79 Å². The van der Waals surface area contributed by atoms with Crippen molar-refractivity contribution >= 4 is 58.8 Å². The number of hydrogen-bond acceptors (Lipinski definition) is 5. The van der Waals surface area contributed by atoms with E-state index in [2.05, 4.69) is 5.32 Å². The summed E-state index contributed by atoms with van der Waals surface area (Å²) in [5.74, 6) is -0.997. The highest BCUT2D eigenvalue weighted by Crippen LogP contribution is 2.35. The first-order chi connectivity index (χ1) is 15.5. The molecule has 1 aliphatic rings. The summed E-state index contributed by atoms with van der Waals surface area (Å²) < 4.78 is 5.39. The molecule has 0 saturated carbocycles. The molecule has 0 radical (unpaired) electrons. The van der Waals surface area contributed by atoms with Crippen LogP contribution in [0.4, 0.5) is 0 Å². The Balaban J connectivity index is 1.90. The van der Waals surface area contributed by atoms with E-state index in [1.165, 1.54) is 17.8 Å². The van der Waals surface area contributed by atoms with Gasteiger partial charge >= 0.3 is 5.97 Å². The number of rotatable bonds is 7. The molecule has 182 valence electrons. The number of esters is 1. The van der Waals surface area contributed by atoms with Gasteiger partial charge in [-0.05, 0) is 64.0 Å². The number of likely N-dealkylation sites (tertiary alicyclic amines) is 1. The molecule has 9 heteroatoms. The number of thioether (sulfide) groups is 1. The molecule has 1 saturated heterocycles. The van der Waals surface area contributed by atoms with Crippen molar-refractivity contribution in [3.63, 3.8) is 0 Å². The van der Waals surface area contributed by atoms with Crippen LogP contribution in [0.1, 0.15) is 52.5 Å². The Morgan fingerprint density at radius 3 is 2.39 bits per heavy atom. The van der Waals surface area contributed by atoms with E-state index >= 15 is 0 Å². The number of hydrogen-bond donors (Lipinski definition) is 1. The van der Waals surface area contributed by atoms with E-state index in [0.717, 1.165) is 4.90 Å². The van der Waals surface area contributed by atoms with Crippen LogP contribution in [0.15, 0.2) is 23.1 Å². The van der Waals surface area contributed by atoms with Crippen LogP contribution < -0.4 is 5.32 Å². The lowest BCUT2D eigenvalue weighted by Crippen LogP contribution is -2.48. The number of nitrogens with zero attached hydrogens (tertiary/aromatic N) is 1. The van der Waals surface area contributed by atoms with Gasteiger partial charge in [0.25, 0.3) is 0 Å². The molecule has 1 aliphatic heterocycles. The maximum absolute atomic E-state index is 12.7. The molecule has 1 heterocycles. The largest absolute Gasteiger partial charge is 0.458 e. The number of carbonyl (C=O) groups excluding carboxylic acids is 3. The van der Waals surface area contributed by atoms with Crippen LogP contribution >= 0.6 is 35.0 Å². The summed E-state index contributed by atoms with van der Waals surface area (Å²) in [7, 11) is 0.